The molecular weight excluding hydrogens is 642 g/mol. The Kier molecular flexibility index (Phi) is 12.1. The van der Waals surface area contributed by atoms with Gasteiger partial charge >= 0.3 is 12.1 Å². The van der Waals surface area contributed by atoms with Crippen molar-refractivity contribution >= 4 is 11.9 Å². The number of methoxy groups -OCH3 is 1. The van der Waals surface area contributed by atoms with Crippen LogP contribution in [-0.4, -0.2) is 59.8 Å². The summed E-state index contributed by atoms with van der Waals surface area (Å²) < 4.78 is 64.3. The van der Waals surface area contributed by atoms with E-state index in [0.29, 0.717) is 43.8 Å². The number of carboxylic acids is 1. The predicted molar refractivity (Wildman–Crippen MR) is 179 cm³/mol. The summed E-state index contributed by atoms with van der Waals surface area (Å²) in [6.45, 7) is 11.2. The van der Waals surface area contributed by atoms with Crippen molar-refractivity contribution in [2.45, 2.75) is 72.1 Å². The summed E-state index contributed by atoms with van der Waals surface area (Å²) in [5.74, 6) is -2.67. The first kappa shape index (κ1) is 37.8. The first-order valence-electron chi connectivity index (χ1n) is 16.4. The second-order valence-electron chi connectivity index (χ2n) is 13.6. The minimum atomic E-state index is -4.79. The Morgan fingerprint density at radius 1 is 1.06 bits per heavy atom. The van der Waals surface area contributed by atoms with Gasteiger partial charge in [0.15, 0.2) is 0 Å². The molecule has 0 radical (unpaired) electrons. The van der Waals surface area contributed by atoms with Crippen molar-refractivity contribution in [1.29, 1.82) is 0 Å². The molecule has 0 saturated carbocycles. The normalized spacial score (nSPS) is 15.2. The lowest BCUT2D eigenvalue weighted by molar-refractivity contribution is -0.139. The molecule has 12 heteroatoms. The molecule has 2 aromatic carbocycles. The maximum Gasteiger partial charge on any atom is 0.416 e. The summed E-state index contributed by atoms with van der Waals surface area (Å²) in [5.41, 5.74) is 1.34. The minimum absolute atomic E-state index is 0.0118. The van der Waals surface area contributed by atoms with Crippen molar-refractivity contribution in [1.82, 2.24) is 14.8 Å². The molecule has 0 aliphatic carbocycles. The molecule has 266 valence electrons. The van der Waals surface area contributed by atoms with Crippen LogP contribution >= 0.6 is 0 Å². The van der Waals surface area contributed by atoms with Gasteiger partial charge in [0.2, 0.25) is 5.91 Å². The van der Waals surface area contributed by atoms with E-state index in [4.69, 9.17) is 4.74 Å². The molecule has 0 spiro atoms. The standard InChI is InChI=1S/C37H45F4N3O5/c1-21(2)12-31(44-19-26(29(15-32(44)45)37(39,40)41)10-11-43-17-25(18-43)20-49-6)36(48)42-30(16-33(46)47)28-14-27(13-24(5)35(28)38)34-22(3)8-7-9-23(34)4/h7-9,13-15,19,21,25,30-31H,10-12,16-18,20H2,1-6H3,(H,42,48)(H,46,47)/t30-,31-/m0/s1. The monoisotopic (exact) mass is 687 g/mol. The fourth-order valence-corrected chi connectivity index (χ4v) is 6.72. The van der Waals surface area contributed by atoms with Gasteiger partial charge in [-0.25, -0.2) is 4.39 Å². The van der Waals surface area contributed by atoms with Crippen LogP contribution < -0.4 is 10.9 Å². The molecule has 8 nitrogen and oxygen atoms in total. The number of benzene rings is 2. The molecule has 0 bridgehead atoms. The number of aryl methyl sites for hydroxylation is 3. The fourth-order valence-electron chi connectivity index (χ4n) is 6.72. The average Bonchev–Trinajstić information content (AvgIpc) is 2.97. The number of carbonyl (C=O) groups excluding carboxylic acids is 1. The van der Waals surface area contributed by atoms with E-state index in [1.54, 1.807) is 33.9 Å². The van der Waals surface area contributed by atoms with E-state index < -0.39 is 53.5 Å². The lowest BCUT2D eigenvalue weighted by Gasteiger charge is -2.39. The number of halogens is 4. The highest BCUT2D eigenvalue weighted by molar-refractivity contribution is 5.82. The van der Waals surface area contributed by atoms with Gasteiger partial charge in [0.1, 0.15) is 11.9 Å². The van der Waals surface area contributed by atoms with Crippen LogP contribution in [0.15, 0.2) is 47.4 Å². The number of rotatable bonds is 14. The maximum absolute atomic E-state index is 15.8. The third-order valence-corrected chi connectivity index (χ3v) is 9.06. The lowest BCUT2D eigenvalue weighted by Crippen LogP contribution is -2.49. The van der Waals surface area contributed by atoms with E-state index in [9.17, 15) is 32.7 Å². The third-order valence-electron chi connectivity index (χ3n) is 9.06. The lowest BCUT2D eigenvalue weighted by atomic mass is 9.90. The molecule has 4 rings (SSSR count). The number of pyridine rings is 1. The van der Waals surface area contributed by atoms with Gasteiger partial charge in [0.25, 0.3) is 5.56 Å². The smallest absolute Gasteiger partial charge is 0.416 e. The molecular formula is C37H45F4N3O5. The molecule has 1 aliphatic rings. The topological polar surface area (TPSA) is 101 Å². The van der Waals surface area contributed by atoms with Crippen molar-refractivity contribution < 1.29 is 37.0 Å². The summed E-state index contributed by atoms with van der Waals surface area (Å²) in [6.07, 6.45) is -4.31. The predicted octanol–water partition coefficient (Wildman–Crippen LogP) is 6.64. The summed E-state index contributed by atoms with van der Waals surface area (Å²) in [4.78, 5) is 41.4. The first-order chi connectivity index (χ1) is 23.0. The van der Waals surface area contributed by atoms with E-state index in [2.05, 4.69) is 5.32 Å². The van der Waals surface area contributed by atoms with Crippen LogP contribution in [0.25, 0.3) is 11.1 Å². The Morgan fingerprint density at radius 2 is 1.71 bits per heavy atom. The van der Waals surface area contributed by atoms with E-state index >= 15 is 4.39 Å². The van der Waals surface area contributed by atoms with Crippen LogP contribution in [-0.2, 0) is 26.9 Å². The number of aromatic nitrogens is 1. The molecule has 2 N–H and O–H groups in total. The number of hydrogen-bond acceptors (Lipinski definition) is 5. The number of alkyl halides is 3. The molecule has 3 aromatic rings. The van der Waals surface area contributed by atoms with Gasteiger partial charge in [-0.15, -0.1) is 0 Å². The zero-order valence-electron chi connectivity index (χ0n) is 28.8. The summed E-state index contributed by atoms with van der Waals surface area (Å²) in [6, 6.07) is 6.80. The van der Waals surface area contributed by atoms with Crippen molar-refractivity contribution in [3.8, 4) is 11.1 Å². The van der Waals surface area contributed by atoms with Crippen molar-refractivity contribution in [3.63, 3.8) is 0 Å². The molecule has 1 aliphatic heterocycles. The van der Waals surface area contributed by atoms with Crippen molar-refractivity contribution in [2.75, 3.05) is 33.4 Å². The Morgan fingerprint density at radius 3 is 2.29 bits per heavy atom. The SMILES string of the molecule is COCC1CN(CCc2cn([C@@H](CC(C)C)C(=O)N[C@@H](CC(=O)O)c3cc(-c4c(C)cccc4C)cc(C)c3F)c(=O)cc2C(F)(F)F)C1. The first-order valence-corrected chi connectivity index (χ1v) is 16.4. The van der Waals surface area contributed by atoms with E-state index in [-0.39, 0.29) is 35.4 Å². The Balaban J connectivity index is 1.73. The Bertz CT molecular complexity index is 1710. The van der Waals surface area contributed by atoms with Crippen LogP contribution in [0.1, 0.15) is 72.2 Å². The summed E-state index contributed by atoms with van der Waals surface area (Å²) in [5, 5.41) is 12.5. The highest BCUT2D eigenvalue weighted by Gasteiger charge is 2.36. The van der Waals surface area contributed by atoms with Crippen LogP contribution in [0.4, 0.5) is 17.6 Å². The number of carboxylic acid groups (broad SMARTS) is 1. The van der Waals surface area contributed by atoms with Crippen molar-refractivity contribution in [2.24, 2.45) is 11.8 Å². The highest BCUT2D eigenvalue weighted by Crippen LogP contribution is 2.35. The molecule has 0 unspecified atom stereocenters. The molecule has 2 atom stereocenters. The summed E-state index contributed by atoms with van der Waals surface area (Å²) in [7, 11) is 1.59. The number of aliphatic carboxylic acids is 1. The zero-order valence-corrected chi connectivity index (χ0v) is 28.8. The number of amides is 1. The number of nitrogens with zero attached hydrogens (tertiary/aromatic N) is 2. The van der Waals surface area contributed by atoms with Gasteiger partial charge < -0.3 is 24.6 Å². The van der Waals surface area contributed by atoms with Crippen LogP contribution in [0.3, 0.4) is 0 Å². The highest BCUT2D eigenvalue weighted by atomic mass is 19.4. The largest absolute Gasteiger partial charge is 0.481 e. The van der Waals surface area contributed by atoms with Gasteiger partial charge in [-0.2, -0.15) is 13.2 Å². The minimum Gasteiger partial charge on any atom is -0.481 e. The molecule has 1 saturated heterocycles. The molecule has 1 aromatic heterocycles. The second kappa shape index (κ2) is 15.7. The Labute approximate surface area is 284 Å². The molecule has 1 amide bonds. The van der Waals surface area contributed by atoms with Crippen LogP contribution in [0.5, 0.6) is 0 Å². The van der Waals surface area contributed by atoms with E-state index in [0.717, 1.165) is 27.5 Å². The van der Waals surface area contributed by atoms with Gasteiger partial charge in [-0.05, 0) is 85.0 Å². The number of likely N-dealkylation sites (tertiary alicyclic amines) is 1. The van der Waals surface area contributed by atoms with Crippen LogP contribution in [0.2, 0.25) is 0 Å². The van der Waals surface area contributed by atoms with Gasteiger partial charge in [-0.3, -0.25) is 14.4 Å². The van der Waals surface area contributed by atoms with Gasteiger partial charge in [0.05, 0.1) is 24.6 Å². The number of nitrogens with one attached hydrogen (secondary N) is 1. The van der Waals surface area contributed by atoms with Crippen molar-refractivity contribution in [3.05, 3.63) is 92.1 Å². The number of hydrogen-bond donors (Lipinski definition) is 2. The quantitative estimate of drug-likeness (QED) is 0.185. The average molecular weight is 688 g/mol. The molecule has 2 heterocycles. The van der Waals surface area contributed by atoms with E-state index in [1.165, 1.54) is 6.07 Å². The zero-order chi connectivity index (χ0) is 36.2. The van der Waals surface area contributed by atoms with Crippen LogP contribution in [0, 0.1) is 38.4 Å². The number of ether oxygens (including phenoxy) is 1. The van der Waals surface area contributed by atoms with Gasteiger partial charge in [0, 0.05) is 50.5 Å². The fraction of sp³-hybridized carbons (Fsp3) is 0.486. The molecule has 49 heavy (non-hydrogen) atoms. The second-order valence-corrected chi connectivity index (χ2v) is 13.6. The van der Waals surface area contributed by atoms with E-state index in [1.807, 2.05) is 36.9 Å². The van der Waals surface area contributed by atoms with Gasteiger partial charge in [-0.1, -0.05) is 32.0 Å². The number of carbonyl (C=O) groups is 2. The third kappa shape index (κ3) is 9.16. The molecule has 1 fully saturated rings. The Hall–Kier alpha value is -4.03. The maximum atomic E-state index is 15.8. The summed E-state index contributed by atoms with van der Waals surface area (Å²) >= 11 is 0.